The second-order valence-corrected chi connectivity index (χ2v) is 6.29. The minimum Gasteiger partial charge on any atom is -0.269 e. The van der Waals surface area contributed by atoms with Crippen LogP contribution >= 0.6 is 11.8 Å². The van der Waals surface area contributed by atoms with E-state index in [0.29, 0.717) is 11.2 Å². The van der Waals surface area contributed by atoms with Gasteiger partial charge < -0.3 is 0 Å². The van der Waals surface area contributed by atoms with Crippen LogP contribution in [0.2, 0.25) is 0 Å². The van der Waals surface area contributed by atoms with E-state index in [1.54, 1.807) is 6.21 Å². The van der Waals surface area contributed by atoms with Gasteiger partial charge in [0, 0.05) is 23.9 Å². The van der Waals surface area contributed by atoms with E-state index < -0.39 is 0 Å². The van der Waals surface area contributed by atoms with Gasteiger partial charge >= 0.3 is 0 Å². The largest absolute Gasteiger partial charge is 0.269 e. The molecule has 0 saturated carbocycles. The first kappa shape index (κ1) is 12.0. The fourth-order valence-electron chi connectivity index (χ4n) is 3.56. The Kier molecular flexibility index (Phi) is 2.61. The van der Waals surface area contributed by atoms with Crippen molar-refractivity contribution >= 4 is 23.8 Å². The molecule has 4 unspecified atom stereocenters. The van der Waals surface area contributed by atoms with Crippen molar-refractivity contribution in [2.24, 2.45) is 21.9 Å². The predicted molar refractivity (Wildman–Crippen MR) is 80.7 cm³/mol. The number of hydrogen-bond acceptors (Lipinski definition) is 5. The van der Waals surface area contributed by atoms with Crippen molar-refractivity contribution in [3.05, 3.63) is 35.4 Å². The fraction of sp³-hybridized carbons (Fsp3) is 0.400. The molecule has 20 heavy (non-hydrogen) atoms. The average molecular weight is 282 g/mol. The third-order valence-corrected chi connectivity index (χ3v) is 5.50. The SMILES string of the molecule is CSC1c2ccccc2C2C1CN=C1C(C#N)C=NN12. The van der Waals surface area contributed by atoms with Crippen LogP contribution in [0.15, 0.2) is 34.4 Å². The Morgan fingerprint density at radius 3 is 2.90 bits per heavy atom. The second kappa shape index (κ2) is 4.35. The number of nitriles is 1. The number of fused-ring (bicyclic) bond motifs is 5. The zero-order chi connectivity index (χ0) is 13.7. The first-order chi connectivity index (χ1) is 9.85. The smallest absolute Gasteiger partial charge is 0.143 e. The van der Waals surface area contributed by atoms with Gasteiger partial charge in [-0.2, -0.15) is 22.1 Å². The average Bonchev–Trinajstić information content (AvgIpc) is 3.04. The lowest BCUT2D eigenvalue weighted by Crippen LogP contribution is -2.38. The first-order valence-electron chi connectivity index (χ1n) is 6.74. The zero-order valence-electron chi connectivity index (χ0n) is 11.1. The van der Waals surface area contributed by atoms with Crippen LogP contribution in [0.1, 0.15) is 22.4 Å². The number of hydrogen-bond donors (Lipinski definition) is 0. The number of amidine groups is 1. The molecule has 3 aliphatic rings. The summed E-state index contributed by atoms with van der Waals surface area (Å²) in [6.45, 7) is 0.790. The van der Waals surface area contributed by atoms with Crippen LogP contribution in [0.25, 0.3) is 0 Å². The summed E-state index contributed by atoms with van der Waals surface area (Å²) in [6.07, 6.45) is 3.88. The topological polar surface area (TPSA) is 51.8 Å². The maximum Gasteiger partial charge on any atom is 0.143 e. The Morgan fingerprint density at radius 1 is 1.35 bits per heavy atom. The van der Waals surface area contributed by atoms with Gasteiger partial charge in [0.1, 0.15) is 11.8 Å². The highest BCUT2D eigenvalue weighted by Gasteiger charge is 2.48. The van der Waals surface area contributed by atoms with E-state index in [9.17, 15) is 5.26 Å². The molecule has 1 aliphatic carbocycles. The molecule has 2 aliphatic heterocycles. The molecule has 2 heterocycles. The van der Waals surface area contributed by atoms with E-state index >= 15 is 0 Å². The molecule has 0 saturated heterocycles. The highest BCUT2D eigenvalue weighted by molar-refractivity contribution is 7.98. The molecular formula is C15H14N4S. The maximum absolute atomic E-state index is 9.19. The van der Waals surface area contributed by atoms with E-state index in [-0.39, 0.29) is 12.0 Å². The summed E-state index contributed by atoms with van der Waals surface area (Å²) in [4.78, 5) is 4.65. The highest BCUT2D eigenvalue weighted by atomic mass is 32.2. The summed E-state index contributed by atoms with van der Waals surface area (Å²) >= 11 is 1.89. The van der Waals surface area contributed by atoms with Crippen LogP contribution in [0.3, 0.4) is 0 Å². The molecule has 5 heteroatoms. The molecule has 4 rings (SSSR count). The molecule has 1 aromatic rings. The van der Waals surface area contributed by atoms with Crippen LogP contribution < -0.4 is 0 Å². The van der Waals surface area contributed by atoms with Gasteiger partial charge in [0.2, 0.25) is 0 Å². The van der Waals surface area contributed by atoms with Crippen LogP contribution in [0, 0.1) is 23.2 Å². The summed E-state index contributed by atoms with van der Waals surface area (Å²) in [5, 5.41) is 16.1. The van der Waals surface area contributed by atoms with Crippen LogP contribution in [-0.2, 0) is 0 Å². The standard InChI is InChI=1S/C15H14N4S/c1-20-14-11-5-3-2-4-10(11)13-12(14)8-17-15-9(6-16)7-18-19(13)15/h2-5,7,9,12-14H,8H2,1H3. The number of aliphatic imine (C=N–C) groups is 1. The normalized spacial score (nSPS) is 33.2. The molecular weight excluding hydrogens is 268 g/mol. The van der Waals surface area contributed by atoms with E-state index in [4.69, 9.17) is 0 Å². The fourth-order valence-corrected chi connectivity index (χ4v) is 4.61. The van der Waals surface area contributed by atoms with E-state index in [1.165, 1.54) is 11.1 Å². The molecule has 4 atom stereocenters. The number of hydrazone groups is 1. The van der Waals surface area contributed by atoms with Crippen molar-refractivity contribution in [1.82, 2.24) is 5.01 Å². The van der Waals surface area contributed by atoms with Gasteiger partial charge in [0.25, 0.3) is 0 Å². The molecule has 0 N–H and O–H groups in total. The summed E-state index contributed by atoms with van der Waals surface area (Å²) in [7, 11) is 0. The van der Waals surface area contributed by atoms with Gasteiger partial charge in [-0.1, -0.05) is 24.3 Å². The van der Waals surface area contributed by atoms with E-state index in [2.05, 4.69) is 46.7 Å². The quantitative estimate of drug-likeness (QED) is 0.795. The van der Waals surface area contributed by atoms with Gasteiger partial charge in [0.15, 0.2) is 0 Å². The molecule has 1 aromatic carbocycles. The monoisotopic (exact) mass is 282 g/mol. The minimum atomic E-state index is -0.281. The lowest BCUT2D eigenvalue weighted by molar-refractivity contribution is 0.240. The first-order valence-corrected chi connectivity index (χ1v) is 8.03. The third kappa shape index (κ3) is 1.43. The number of rotatable bonds is 1. The molecule has 0 spiro atoms. The number of benzene rings is 1. The van der Waals surface area contributed by atoms with E-state index in [1.807, 2.05) is 16.8 Å². The molecule has 0 amide bonds. The molecule has 0 aromatic heterocycles. The maximum atomic E-state index is 9.19. The van der Waals surface area contributed by atoms with Gasteiger partial charge in [-0.05, 0) is 17.4 Å². The Labute approximate surface area is 122 Å². The Bertz CT molecular complexity index is 660. The van der Waals surface area contributed by atoms with Crippen LogP contribution in [0.5, 0.6) is 0 Å². The number of nitrogens with zero attached hydrogens (tertiary/aromatic N) is 4. The predicted octanol–water partition coefficient (Wildman–Crippen LogP) is 2.61. The molecule has 0 fully saturated rings. The lowest BCUT2D eigenvalue weighted by atomic mass is 9.96. The Morgan fingerprint density at radius 2 is 2.15 bits per heavy atom. The number of thioether (sulfide) groups is 1. The minimum absolute atomic E-state index is 0.241. The molecule has 4 nitrogen and oxygen atoms in total. The lowest BCUT2D eigenvalue weighted by Gasteiger charge is -2.34. The van der Waals surface area contributed by atoms with Crippen LogP contribution in [-0.4, -0.2) is 29.9 Å². The zero-order valence-corrected chi connectivity index (χ0v) is 11.9. The van der Waals surface area contributed by atoms with Crippen molar-refractivity contribution in [3.63, 3.8) is 0 Å². The van der Waals surface area contributed by atoms with Gasteiger partial charge in [-0.25, -0.2) is 5.01 Å². The molecule has 0 bridgehead atoms. The van der Waals surface area contributed by atoms with Gasteiger partial charge in [0.05, 0.1) is 12.1 Å². The van der Waals surface area contributed by atoms with Crippen molar-refractivity contribution < 1.29 is 0 Å². The van der Waals surface area contributed by atoms with Gasteiger partial charge in [-0.3, -0.25) is 4.99 Å². The van der Waals surface area contributed by atoms with Crippen molar-refractivity contribution in [2.45, 2.75) is 11.3 Å². The summed E-state index contributed by atoms with van der Waals surface area (Å²) in [5.41, 5.74) is 2.75. The highest BCUT2D eigenvalue weighted by Crippen LogP contribution is 2.54. The van der Waals surface area contributed by atoms with Crippen molar-refractivity contribution in [2.75, 3.05) is 12.8 Å². The summed E-state index contributed by atoms with van der Waals surface area (Å²) in [6, 6.07) is 11.1. The summed E-state index contributed by atoms with van der Waals surface area (Å²) in [5.74, 6) is 0.988. The van der Waals surface area contributed by atoms with Crippen molar-refractivity contribution in [3.8, 4) is 6.07 Å². The summed E-state index contributed by atoms with van der Waals surface area (Å²) < 4.78 is 0. The van der Waals surface area contributed by atoms with Gasteiger partial charge in [-0.15, -0.1) is 0 Å². The molecule has 100 valence electrons. The van der Waals surface area contributed by atoms with Crippen molar-refractivity contribution in [1.29, 1.82) is 5.26 Å². The van der Waals surface area contributed by atoms with Crippen LogP contribution in [0.4, 0.5) is 0 Å². The Hall–Kier alpha value is -1.80. The van der Waals surface area contributed by atoms with E-state index in [0.717, 1.165) is 12.4 Å². The third-order valence-electron chi connectivity index (χ3n) is 4.39. The molecule has 0 radical (unpaired) electrons. The Balaban J connectivity index is 1.83. The second-order valence-electron chi connectivity index (χ2n) is 5.31.